The first kappa shape index (κ1) is 76.0. The van der Waals surface area contributed by atoms with Gasteiger partial charge in [0.2, 0.25) is 0 Å². The highest BCUT2D eigenvalue weighted by Crippen LogP contribution is 2.41. The molecule has 2 amide bonds. The van der Waals surface area contributed by atoms with Gasteiger partial charge in [-0.2, -0.15) is 10.2 Å². The number of rotatable bonds is 33. The van der Waals surface area contributed by atoms with Gasteiger partial charge < -0.3 is 69.7 Å². The van der Waals surface area contributed by atoms with Crippen molar-refractivity contribution in [3.05, 3.63) is 151 Å². The zero-order valence-corrected chi connectivity index (χ0v) is 55.0. The van der Waals surface area contributed by atoms with Crippen molar-refractivity contribution in [1.82, 2.24) is 40.8 Å². The zero-order chi connectivity index (χ0) is 59.2. The van der Waals surface area contributed by atoms with E-state index < -0.39 is 24.0 Å². The largest absolute Gasteiger partial charge is 0.380 e. The van der Waals surface area contributed by atoms with Crippen molar-refractivity contribution in [3.63, 3.8) is 0 Å². The van der Waals surface area contributed by atoms with Gasteiger partial charge in [0.1, 0.15) is 11.6 Å². The van der Waals surface area contributed by atoms with Crippen molar-refractivity contribution in [3.8, 4) is 22.3 Å². The molecule has 4 heterocycles. The van der Waals surface area contributed by atoms with Crippen molar-refractivity contribution in [2.24, 2.45) is 0 Å². The van der Waals surface area contributed by atoms with Gasteiger partial charge in [-0.25, -0.2) is 0 Å². The second-order valence-corrected chi connectivity index (χ2v) is 22.0. The monoisotopic (exact) mass is 1380 g/mol. The molecule has 0 bridgehead atoms. The molecule has 4 atom stereocenters. The molecule has 2 aromatic heterocycles. The summed E-state index contributed by atoms with van der Waals surface area (Å²) in [4.78, 5) is 29.2. The maximum atomic E-state index is 12.3. The second-order valence-electron chi connectivity index (χ2n) is 20.3. The quantitative estimate of drug-likeness (QED) is 0.0212. The van der Waals surface area contributed by atoms with Crippen LogP contribution in [0.3, 0.4) is 0 Å². The number of hydrogen-bond acceptors (Lipinski definition) is 18. The van der Waals surface area contributed by atoms with Gasteiger partial charge in [0.05, 0.1) is 91.7 Å². The summed E-state index contributed by atoms with van der Waals surface area (Å²) < 4.78 is 33.5. The molecule has 8 rings (SSSR count). The molecule has 2 aliphatic heterocycles. The van der Waals surface area contributed by atoms with Crippen LogP contribution in [0.1, 0.15) is 45.2 Å². The molecule has 20 nitrogen and oxygen atoms in total. The Hall–Kier alpha value is -4.50. The molecule has 0 aliphatic carbocycles. The van der Waals surface area contributed by atoms with Gasteiger partial charge in [-0.15, -0.1) is 59.8 Å². The Morgan fingerprint density at radius 1 is 0.500 bits per heavy atom. The topological polar surface area (TPSA) is 236 Å². The third-order valence-electron chi connectivity index (χ3n) is 14.1. The van der Waals surface area contributed by atoms with Crippen LogP contribution >= 0.6 is 96.0 Å². The normalized spacial score (nSPS) is 15.2. The van der Waals surface area contributed by atoms with E-state index in [2.05, 4.69) is 114 Å². The SMILES string of the molecule is CN1Cc2c(Cl)cc(Cl)cc2[C@H](c2cccc(-c3cnnc(NCCOCCOCCOCCNC(=O)[C@H](O)[C@@H](O)C(=O)NCCOCCOCCOCCNc4cc(-c5cccc([C@@H]6CN(C)Cc7c(Cl)cc(Cl)cc76)c5)cnn4)c3)c2)C1.Cl.Cl.Cl.Cl. The highest BCUT2D eigenvalue weighted by molar-refractivity contribution is 6.35. The minimum absolute atomic E-state index is 0. The molecule has 28 heteroatoms. The van der Waals surface area contributed by atoms with E-state index in [-0.39, 0.29) is 101 Å². The number of fused-ring (bicyclic) bond motifs is 2. The van der Waals surface area contributed by atoms with Gasteiger partial charge in [-0.05, 0) is 95.0 Å². The number of carbonyl (C=O) groups is 2. The third kappa shape index (κ3) is 23.0. The summed E-state index contributed by atoms with van der Waals surface area (Å²) in [6.45, 7) is 8.00. The number of aliphatic hydroxyl groups is 2. The molecule has 0 radical (unpaired) electrons. The predicted molar refractivity (Wildman–Crippen MR) is 353 cm³/mol. The average Bonchev–Trinajstić information content (AvgIpc) is 1.39. The first-order valence-electron chi connectivity index (χ1n) is 27.9. The van der Waals surface area contributed by atoms with E-state index >= 15 is 0 Å². The smallest absolute Gasteiger partial charge is 0.252 e. The Kier molecular flexibility index (Phi) is 34.3. The zero-order valence-electron chi connectivity index (χ0n) is 48.7. The Bertz CT molecular complexity index is 2910. The number of benzene rings is 4. The maximum Gasteiger partial charge on any atom is 0.252 e. The summed E-state index contributed by atoms with van der Waals surface area (Å²) in [5, 5.41) is 51.4. The standard InChI is InChI=1S/C60H72Cl4N10O10.4ClH/c1-73-35-49(47-29-45(61)31-53(63)51(47)37-73)41-7-3-5-39(25-41)43-27-55(71-69-33-43)65-9-13-79-17-21-83-23-19-81-15-11-67-59(77)57(75)58(76)60(78)68-12-16-82-20-24-84-22-18-80-14-10-66-56-28-44(34-70-72-56)40-6-4-8-42(26-40)50-36-74(2)38-52-48(50)30-46(62)32-54(52)64;;;;/h3-8,25-34,49-50,57-58,75-76H,9-24,35-38H2,1-2H3,(H,65,71)(H,66,72)(H,67,77)(H,68,78);4*1H/t49-,50-,57+,58+;;;;/m0..../s1. The number of likely N-dealkylation sites (N-methyl/N-ethyl adjacent to an activating group) is 2. The first-order valence-corrected chi connectivity index (χ1v) is 29.4. The van der Waals surface area contributed by atoms with E-state index in [1.54, 1.807) is 24.5 Å². The number of aliphatic hydroxyl groups excluding tert-OH is 2. The molecular weight excluding hydrogens is 1300 g/mol. The molecule has 0 saturated heterocycles. The van der Waals surface area contributed by atoms with Crippen LogP contribution < -0.4 is 21.3 Å². The summed E-state index contributed by atoms with van der Waals surface area (Å²) in [5.41, 5.74) is 10.8. The van der Waals surface area contributed by atoms with Gasteiger partial charge >= 0.3 is 0 Å². The molecular formula is C60H76Cl8N10O10. The van der Waals surface area contributed by atoms with E-state index in [0.717, 1.165) is 81.8 Å². The summed E-state index contributed by atoms with van der Waals surface area (Å²) in [5.74, 6) is -0.339. The average molecular weight is 1380 g/mol. The van der Waals surface area contributed by atoms with Crippen molar-refractivity contribution >= 4 is 119 Å². The first-order chi connectivity index (χ1) is 40.8. The number of ether oxygens (including phenoxy) is 6. The summed E-state index contributed by atoms with van der Waals surface area (Å²) >= 11 is 26.1. The van der Waals surface area contributed by atoms with E-state index in [1.165, 1.54) is 0 Å². The van der Waals surface area contributed by atoms with Gasteiger partial charge in [0.25, 0.3) is 11.8 Å². The summed E-state index contributed by atoms with van der Waals surface area (Å²) in [7, 11) is 4.19. The number of nitrogens with one attached hydrogen (secondary N) is 4. The molecule has 0 fully saturated rings. The lowest BCUT2D eigenvalue weighted by Crippen LogP contribution is -2.50. The minimum Gasteiger partial charge on any atom is -0.380 e. The number of nitrogens with zero attached hydrogens (tertiary/aromatic N) is 6. The number of halogens is 8. The van der Waals surface area contributed by atoms with Crippen molar-refractivity contribution < 1.29 is 48.2 Å². The molecule has 88 heavy (non-hydrogen) atoms. The van der Waals surface area contributed by atoms with Crippen LogP contribution in [0.4, 0.5) is 11.6 Å². The highest BCUT2D eigenvalue weighted by atomic mass is 35.5. The van der Waals surface area contributed by atoms with E-state index in [4.69, 9.17) is 74.8 Å². The van der Waals surface area contributed by atoms with Crippen LogP contribution in [0, 0.1) is 0 Å². The fraction of sp³-hybridized carbons (Fsp3) is 0.433. The summed E-state index contributed by atoms with van der Waals surface area (Å²) in [6, 6.07) is 28.4. The molecule has 4 aromatic carbocycles. The fourth-order valence-corrected chi connectivity index (χ4v) is 11.1. The Labute approximate surface area is 558 Å². The lowest BCUT2D eigenvalue weighted by Gasteiger charge is -2.33. The van der Waals surface area contributed by atoms with Gasteiger partial charge in [-0.1, -0.05) is 94.9 Å². The van der Waals surface area contributed by atoms with Gasteiger partial charge in [0.15, 0.2) is 12.2 Å². The van der Waals surface area contributed by atoms with Crippen LogP contribution in [0.5, 0.6) is 0 Å². The molecule has 0 saturated carbocycles. The molecule has 0 spiro atoms. The molecule has 6 aromatic rings. The van der Waals surface area contributed by atoms with Crippen molar-refractivity contribution in [2.75, 3.05) is 143 Å². The fourth-order valence-electron chi connectivity index (χ4n) is 9.93. The molecule has 2 aliphatic rings. The second kappa shape index (κ2) is 39.7. The minimum atomic E-state index is -1.97. The van der Waals surface area contributed by atoms with Gasteiger partial charge in [-0.3, -0.25) is 9.59 Å². The van der Waals surface area contributed by atoms with Crippen LogP contribution in [0.25, 0.3) is 22.3 Å². The lowest BCUT2D eigenvalue weighted by molar-refractivity contribution is -0.146. The van der Waals surface area contributed by atoms with Crippen molar-refractivity contribution in [1.29, 1.82) is 0 Å². The number of anilines is 2. The Morgan fingerprint density at radius 2 is 0.852 bits per heavy atom. The number of carbonyl (C=O) groups excluding carboxylic acids is 2. The van der Waals surface area contributed by atoms with E-state index in [9.17, 15) is 19.8 Å². The lowest BCUT2D eigenvalue weighted by atomic mass is 9.84. The molecule has 6 N–H and O–H groups in total. The number of hydrogen-bond donors (Lipinski definition) is 6. The van der Waals surface area contributed by atoms with E-state index in [1.807, 2.05) is 24.3 Å². The van der Waals surface area contributed by atoms with Crippen LogP contribution in [-0.4, -0.2) is 197 Å². The van der Waals surface area contributed by atoms with Gasteiger partial charge in [0, 0.05) is 95.4 Å². The number of amides is 2. The van der Waals surface area contributed by atoms with Crippen LogP contribution in [0.15, 0.2) is 97.3 Å². The van der Waals surface area contributed by atoms with Crippen molar-refractivity contribution in [2.45, 2.75) is 37.1 Å². The predicted octanol–water partition coefficient (Wildman–Crippen LogP) is 8.63. The number of aromatic nitrogens is 4. The maximum absolute atomic E-state index is 12.3. The Balaban J connectivity index is 0.00000414. The Morgan fingerprint density at radius 3 is 1.23 bits per heavy atom. The molecule has 482 valence electrons. The van der Waals surface area contributed by atoms with Crippen LogP contribution in [-0.2, 0) is 51.1 Å². The highest BCUT2D eigenvalue weighted by Gasteiger charge is 2.31. The van der Waals surface area contributed by atoms with E-state index in [0.29, 0.717) is 97.7 Å². The molecule has 0 unspecified atom stereocenters. The summed E-state index contributed by atoms with van der Waals surface area (Å²) in [6.07, 6.45) is -0.458. The van der Waals surface area contributed by atoms with Crippen LogP contribution in [0.2, 0.25) is 20.1 Å². The third-order valence-corrected chi connectivity index (χ3v) is 15.2.